The molecule has 0 aliphatic rings. The van der Waals surface area contributed by atoms with E-state index < -0.39 is 18.4 Å². The molecule has 0 saturated heterocycles. The maximum absolute atomic E-state index is 5.88. The van der Waals surface area contributed by atoms with E-state index in [9.17, 15) is 0 Å². The Bertz CT molecular complexity index is 223. The second-order valence-electron chi connectivity index (χ2n) is 3.23. The van der Waals surface area contributed by atoms with Crippen molar-refractivity contribution in [1.82, 2.24) is 4.98 Å². The van der Waals surface area contributed by atoms with Gasteiger partial charge in [0.25, 0.3) is 0 Å². The molecule has 60 valence electrons. The van der Waals surface area contributed by atoms with E-state index in [1.807, 2.05) is 18.3 Å². The molecule has 0 fully saturated rings. The van der Waals surface area contributed by atoms with Crippen molar-refractivity contribution in [2.24, 2.45) is 0 Å². The molecule has 1 heterocycles. The first-order valence-corrected chi connectivity index (χ1v) is 13.3. The second-order valence-corrected chi connectivity index (χ2v) is 18.0. The van der Waals surface area contributed by atoms with Gasteiger partial charge in [-0.3, -0.25) is 0 Å². The SMILES string of the molecule is [CH3][Sn]([CH3])([CH2]Cl)[c]1ccccn1. The first-order chi connectivity index (χ1) is 5.17. The summed E-state index contributed by atoms with van der Waals surface area (Å²) >= 11 is 3.77. The van der Waals surface area contributed by atoms with Gasteiger partial charge in [-0.2, -0.15) is 0 Å². The molecule has 0 unspecified atom stereocenters. The van der Waals surface area contributed by atoms with Crippen molar-refractivity contribution in [3.8, 4) is 0 Å². The van der Waals surface area contributed by atoms with Gasteiger partial charge in [-0.05, 0) is 0 Å². The third-order valence-electron chi connectivity index (χ3n) is 1.69. The molecule has 1 nitrogen and oxygen atoms in total. The van der Waals surface area contributed by atoms with Crippen LogP contribution in [0.5, 0.6) is 0 Å². The Morgan fingerprint density at radius 3 is 2.64 bits per heavy atom. The molecular weight excluding hydrogens is 264 g/mol. The maximum atomic E-state index is 5.88. The molecule has 0 aromatic carbocycles. The molecule has 0 saturated carbocycles. The third kappa shape index (κ3) is 2.34. The number of rotatable bonds is 2. The molecule has 0 bridgehead atoms. The zero-order valence-electron chi connectivity index (χ0n) is 6.84. The van der Waals surface area contributed by atoms with E-state index in [1.54, 1.807) is 0 Å². The summed E-state index contributed by atoms with van der Waals surface area (Å²) in [6, 6.07) is 6.08. The number of halogens is 1. The summed E-state index contributed by atoms with van der Waals surface area (Å²) in [4.78, 5) is 8.92. The van der Waals surface area contributed by atoms with Gasteiger partial charge in [0.2, 0.25) is 0 Å². The summed E-state index contributed by atoms with van der Waals surface area (Å²) in [6.45, 7) is 0. The van der Waals surface area contributed by atoms with E-state index in [-0.39, 0.29) is 0 Å². The summed E-state index contributed by atoms with van der Waals surface area (Å²) in [5, 5.41) is 0. The summed E-state index contributed by atoms with van der Waals surface area (Å²) in [6.07, 6.45) is 1.85. The molecule has 0 aliphatic carbocycles. The summed E-state index contributed by atoms with van der Waals surface area (Å²) < 4.78 is 2.07. The zero-order valence-corrected chi connectivity index (χ0v) is 10.5. The average molecular weight is 276 g/mol. The number of aromatic nitrogens is 1. The van der Waals surface area contributed by atoms with Gasteiger partial charge in [-0.15, -0.1) is 0 Å². The fraction of sp³-hybridized carbons (Fsp3) is 0.375. The van der Waals surface area contributed by atoms with Gasteiger partial charge in [-0.1, -0.05) is 0 Å². The van der Waals surface area contributed by atoms with E-state index in [0.717, 1.165) is 3.90 Å². The number of hydrogen-bond acceptors (Lipinski definition) is 1. The number of alkyl halides is 1. The summed E-state index contributed by atoms with van der Waals surface area (Å²) in [5.74, 6) is 0. The monoisotopic (exact) mass is 277 g/mol. The van der Waals surface area contributed by atoms with Crippen LogP contribution in [0, 0.1) is 0 Å². The second kappa shape index (κ2) is 3.76. The van der Waals surface area contributed by atoms with Gasteiger partial charge in [0.15, 0.2) is 0 Å². The van der Waals surface area contributed by atoms with Crippen LogP contribution in [-0.4, -0.2) is 27.3 Å². The average Bonchev–Trinajstić information content (AvgIpc) is 2.06. The van der Waals surface area contributed by atoms with Crippen molar-refractivity contribution in [2.45, 2.75) is 9.88 Å². The van der Waals surface area contributed by atoms with Gasteiger partial charge >= 0.3 is 76.8 Å². The Hall–Kier alpha value is 0.239. The van der Waals surface area contributed by atoms with Crippen LogP contribution >= 0.6 is 11.6 Å². The predicted octanol–water partition coefficient (Wildman–Crippen LogP) is 1.77. The normalized spacial score (nSPS) is 11.5. The quantitative estimate of drug-likeness (QED) is 0.593. The third-order valence-corrected chi connectivity index (χ3v) is 12.9. The molecule has 0 radical (unpaired) electrons. The van der Waals surface area contributed by atoms with Crippen LogP contribution in [0.2, 0.25) is 9.88 Å². The molecule has 0 aliphatic heterocycles. The van der Waals surface area contributed by atoms with E-state index in [1.165, 1.54) is 3.71 Å². The number of nitrogens with zero attached hydrogens (tertiary/aromatic N) is 1. The van der Waals surface area contributed by atoms with Gasteiger partial charge in [-0.25, -0.2) is 0 Å². The number of pyridine rings is 1. The molecule has 1 rings (SSSR count). The van der Waals surface area contributed by atoms with Crippen molar-refractivity contribution in [1.29, 1.82) is 0 Å². The predicted molar refractivity (Wildman–Crippen MR) is 52.1 cm³/mol. The van der Waals surface area contributed by atoms with E-state index in [0.29, 0.717) is 0 Å². The summed E-state index contributed by atoms with van der Waals surface area (Å²) in [7, 11) is 0. The molecular formula is C8H12ClNSn. The van der Waals surface area contributed by atoms with Crippen molar-refractivity contribution in [3.63, 3.8) is 0 Å². The van der Waals surface area contributed by atoms with Gasteiger partial charge in [0.1, 0.15) is 0 Å². The van der Waals surface area contributed by atoms with Crippen LogP contribution in [0.1, 0.15) is 0 Å². The van der Waals surface area contributed by atoms with Crippen LogP contribution in [0.4, 0.5) is 0 Å². The molecule has 1 aromatic rings. The molecule has 3 heteroatoms. The molecule has 0 N–H and O–H groups in total. The standard InChI is InChI=1S/C5H4N.CH2Cl.2CH3.Sn/c1-2-4-6-5-3-1;1-2;;;/h1-4H;1H2;2*1H3;. The zero-order chi connectivity index (χ0) is 8.32. The van der Waals surface area contributed by atoms with Crippen molar-refractivity contribution < 1.29 is 0 Å². The Kier molecular flexibility index (Phi) is 3.19. The Morgan fingerprint density at radius 1 is 1.45 bits per heavy atom. The van der Waals surface area contributed by atoms with Crippen LogP contribution < -0.4 is 3.71 Å². The molecule has 11 heavy (non-hydrogen) atoms. The minimum absolute atomic E-state index is 0.811. The van der Waals surface area contributed by atoms with Crippen molar-refractivity contribution >= 4 is 33.7 Å². The van der Waals surface area contributed by atoms with Crippen molar-refractivity contribution in [3.05, 3.63) is 24.4 Å². The van der Waals surface area contributed by atoms with E-state index in [4.69, 9.17) is 11.6 Å². The Balaban J connectivity index is 2.93. The van der Waals surface area contributed by atoms with E-state index in [2.05, 4.69) is 20.9 Å². The minimum atomic E-state index is -2.11. The summed E-state index contributed by atoms with van der Waals surface area (Å²) in [5.41, 5.74) is 0. The molecule has 0 spiro atoms. The van der Waals surface area contributed by atoms with Gasteiger partial charge in [0, 0.05) is 0 Å². The molecule has 1 aromatic heterocycles. The van der Waals surface area contributed by atoms with Gasteiger partial charge in [0.05, 0.1) is 0 Å². The molecule has 0 atom stereocenters. The van der Waals surface area contributed by atoms with E-state index >= 15 is 0 Å². The fourth-order valence-electron chi connectivity index (χ4n) is 0.832. The first kappa shape index (κ1) is 9.33. The first-order valence-electron chi connectivity index (χ1n) is 3.64. The van der Waals surface area contributed by atoms with Crippen LogP contribution in [0.25, 0.3) is 0 Å². The van der Waals surface area contributed by atoms with Crippen LogP contribution in [-0.2, 0) is 0 Å². The van der Waals surface area contributed by atoms with Crippen LogP contribution in [0.15, 0.2) is 24.4 Å². The Labute approximate surface area is 76.7 Å². The Morgan fingerprint density at radius 2 is 2.18 bits per heavy atom. The fourth-order valence-corrected chi connectivity index (χ4v) is 4.91. The molecule has 0 amide bonds. The topological polar surface area (TPSA) is 12.9 Å². The van der Waals surface area contributed by atoms with Gasteiger partial charge < -0.3 is 0 Å². The number of hydrogen-bond donors (Lipinski definition) is 0. The van der Waals surface area contributed by atoms with Crippen molar-refractivity contribution in [2.75, 3.05) is 3.90 Å². The van der Waals surface area contributed by atoms with Crippen LogP contribution in [0.3, 0.4) is 0 Å².